The average molecular weight is 270 g/mol. The summed E-state index contributed by atoms with van der Waals surface area (Å²) in [7, 11) is 1.57. The fourth-order valence-corrected chi connectivity index (χ4v) is 2.09. The number of aliphatic imine (C=N–C) groups is 1. The molecule has 0 N–H and O–H groups in total. The summed E-state index contributed by atoms with van der Waals surface area (Å²) in [5.74, 6) is 0. The van der Waals surface area contributed by atoms with E-state index in [1.54, 1.807) is 18.1 Å². The Hall–Kier alpha value is -1.39. The molecule has 0 aromatic carbocycles. The van der Waals surface area contributed by atoms with Crippen molar-refractivity contribution in [2.75, 3.05) is 26.8 Å². The number of amides is 1. The summed E-state index contributed by atoms with van der Waals surface area (Å²) in [4.78, 5) is 27.9. The molecule has 0 aromatic heterocycles. The van der Waals surface area contributed by atoms with Crippen LogP contribution in [0.25, 0.3) is 0 Å². The molecule has 0 atom stereocenters. The van der Waals surface area contributed by atoms with E-state index in [4.69, 9.17) is 9.47 Å². The van der Waals surface area contributed by atoms with Crippen LogP contribution in [-0.4, -0.2) is 55.0 Å². The maximum Gasteiger partial charge on any atom is 0.410 e. The molecule has 19 heavy (non-hydrogen) atoms. The van der Waals surface area contributed by atoms with Gasteiger partial charge in [0.05, 0.1) is 12.1 Å². The Morgan fingerprint density at radius 3 is 2.37 bits per heavy atom. The van der Waals surface area contributed by atoms with E-state index in [9.17, 15) is 9.59 Å². The number of likely N-dealkylation sites (tertiary alicyclic amines) is 1. The monoisotopic (exact) mass is 270 g/mol. The number of carbonyl (C=O) groups excluding carboxylic acids is 2. The van der Waals surface area contributed by atoms with Crippen LogP contribution in [0.1, 0.15) is 33.6 Å². The number of hydrogen-bond acceptors (Lipinski definition) is 5. The lowest BCUT2D eigenvalue weighted by Gasteiger charge is -2.38. The van der Waals surface area contributed by atoms with Crippen molar-refractivity contribution in [1.82, 2.24) is 4.90 Å². The Morgan fingerprint density at radius 1 is 1.37 bits per heavy atom. The Bertz CT molecular complexity index is 361. The first-order valence-corrected chi connectivity index (χ1v) is 6.38. The molecule has 0 saturated carbocycles. The fraction of sp³-hybridized carbons (Fsp3) is 0.846. The highest BCUT2D eigenvalue weighted by molar-refractivity contribution is 5.68. The minimum absolute atomic E-state index is 0.325. The second kappa shape index (κ2) is 6.17. The first-order valence-electron chi connectivity index (χ1n) is 6.38. The average Bonchev–Trinajstić information content (AvgIpc) is 2.28. The van der Waals surface area contributed by atoms with Crippen molar-refractivity contribution in [2.45, 2.75) is 44.8 Å². The van der Waals surface area contributed by atoms with Crippen LogP contribution in [-0.2, 0) is 14.3 Å². The predicted molar refractivity (Wildman–Crippen MR) is 69.8 cm³/mol. The van der Waals surface area contributed by atoms with Gasteiger partial charge in [-0.25, -0.2) is 9.59 Å². The van der Waals surface area contributed by atoms with E-state index < -0.39 is 11.1 Å². The van der Waals surface area contributed by atoms with E-state index in [1.807, 2.05) is 20.8 Å². The summed E-state index contributed by atoms with van der Waals surface area (Å²) in [6.07, 6.45) is 2.44. The third-order valence-corrected chi connectivity index (χ3v) is 3.04. The van der Waals surface area contributed by atoms with Crippen LogP contribution in [0, 0.1) is 0 Å². The molecule has 1 aliphatic rings. The van der Waals surface area contributed by atoms with Crippen LogP contribution < -0.4 is 0 Å². The van der Waals surface area contributed by atoms with Crippen molar-refractivity contribution in [3.8, 4) is 0 Å². The number of piperidine rings is 1. The molecule has 6 nitrogen and oxygen atoms in total. The zero-order valence-corrected chi connectivity index (χ0v) is 12.1. The maximum absolute atomic E-state index is 11.9. The van der Waals surface area contributed by atoms with Crippen molar-refractivity contribution in [3.63, 3.8) is 0 Å². The lowest BCUT2D eigenvalue weighted by atomic mass is 9.89. The first kappa shape index (κ1) is 15.7. The highest BCUT2D eigenvalue weighted by Gasteiger charge is 2.37. The SMILES string of the molecule is COCC1(N=C=O)CCN(C(=O)OC(C)(C)C)CC1. The third-order valence-electron chi connectivity index (χ3n) is 3.04. The molecule has 1 fully saturated rings. The molecule has 0 unspecified atom stereocenters. The highest BCUT2D eigenvalue weighted by Crippen LogP contribution is 2.27. The Balaban J connectivity index is 2.60. The normalized spacial score (nSPS) is 18.6. The molecule has 0 bridgehead atoms. The molecule has 6 heteroatoms. The van der Waals surface area contributed by atoms with Crippen LogP contribution in [0.3, 0.4) is 0 Å². The molecule has 108 valence electrons. The standard InChI is InChI=1S/C13H22N2O4/c1-12(2,3)19-11(17)15-7-5-13(6-8-15,9-18-4)14-10-16/h5-9H2,1-4H3. The smallest absolute Gasteiger partial charge is 0.410 e. The van der Waals surface area contributed by atoms with Crippen LogP contribution in [0.15, 0.2) is 4.99 Å². The van der Waals surface area contributed by atoms with Crippen LogP contribution in [0.4, 0.5) is 4.79 Å². The Labute approximate surface area is 113 Å². The molecular formula is C13H22N2O4. The number of hydrogen-bond donors (Lipinski definition) is 0. The van der Waals surface area contributed by atoms with Gasteiger partial charge in [-0.1, -0.05) is 0 Å². The molecule has 1 rings (SSSR count). The molecular weight excluding hydrogens is 248 g/mol. The first-order chi connectivity index (χ1) is 8.82. The number of methoxy groups -OCH3 is 1. The summed E-state index contributed by atoms with van der Waals surface area (Å²) in [5.41, 5.74) is -1.05. The number of ether oxygens (including phenoxy) is 2. The van der Waals surface area contributed by atoms with Crippen molar-refractivity contribution in [1.29, 1.82) is 0 Å². The molecule has 0 aromatic rings. The number of carbonyl (C=O) groups is 1. The van der Waals surface area contributed by atoms with Crippen molar-refractivity contribution >= 4 is 12.2 Å². The van der Waals surface area contributed by atoms with E-state index in [2.05, 4.69) is 4.99 Å². The summed E-state index contributed by atoms with van der Waals surface area (Å²) in [5, 5.41) is 0. The largest absolute Gasteiger partial charge is 0.444 e. The van der Waals surface area contributed by atoms with Gasteiger partial charge in [-0.05, 0) is 33.6 Å². The van der Waals surface area contributed by atoms with Gasteiger partial charge in [0.25, 0.3) is 0 Å². The molecule has 0 spiro atoms. The third kappa shape index (κ3) is 4.65. The van der Waals surface area contributed by atoms with E-state index in [1.165, 1.54) is 0 Å². The number of isocyanates is 1. The molecule has 1 amide bonds. The van der Waals surface area contributed by atoms with Crippen molar-refractivity contribution < 1.29 is 19.1 Å². The predicted octanol–water partition coefficient (Wildman–Crippen LogP) is 1.74. The highest BCUT2D eigenvalue weighted by atomic mass is 16.6. The molecule has 0 aliphatic carbocycles. The zero-order valence-electron chi connectivity index (χ0n) is 12.1. The topological polar surface area (TPSA) is 68.2 Å². The quantitative estimate of drug-likeness (QED) is 0.578. The van der Waals surface area contributed by atoms with Gasteiger partial charge in [-0.15, -0.1) is 0 Å². The number of rotatable bonds is 3. The summed E-state index contributed by atoms with van der Waals surface area (Å²) >= 11 is 0. The molecule has 1 saturated heterocycles. The minimum Gasteiger partial charge on any atom is -0.444 e. The van der Waals surface area contributed by atoms with E-state index >= 15 is 0 Å². The van der Waals surface area contributed by atoms with Gasteiger partial charge in [0.15, 0.2) is 0 Å². The van der Waals surface area contributed by atoms with Crippen LogP contribution in [0.5, 0.6) is 0 Å². The summed E-state index contributed by atoms with van der Waals surface area (Å²) < 4.78 is 10.4. The maximum atomic E-state index is 11.9. The Kier molecular flexibility index (Phi) is 5.09. The van der Waals surface area contributed by atoms with Gasteiger partial charge in [0.1, 0.15) is 5.60 Å². The molecule has 1 heterocycles. The minimum atomic E-state index is -0.547. The van der Waals surface area contributed by atoms with Gasteiger partial charge < -0.3 is 14.4 Å². The van der Waals surface area contributed by atoms with E-state index in [-0.39, 0.29) is 6.09 Å². The van der Waals surface area contributed by atoms with E-state index in [0.29, 0.717) is 32.5 Å². The second-order valence-electron chi connectivity index (χ2n) is 5.83. The lowest BCUT2D eigenvalue weighted by molar-refractivity contribution is 0.0113. The fourth-order valence-electron chi connectivity index (χ4n) is 2.09. The summed E-state index contributed by atoms with van der Waals surface area (Å²) in [6.45, 7) is 6.87. The van der Waals surface area contributed by atoms with E-state index in [0.717, 1.165) is 0 Å². The van der Waals surface area contributed by atoms with Gasteiger partial charge in [0, 0.05) is 20.2 Å². The second-order valence-corrected chi connectivity index (χ2v) is 5.83. The zero-order chi connectivity index (χ0) is 14.5. The lowest BCUT2D eigenvalue weighted by Crippen LogP contribution is -2.49. The van der Waals surface area contributed by atoms with Crippen molar-refractivity contribution in [2.24, 2.45) is 4.99 Å². The van der Waals surface area contributed by atoms with Gasteiger partial charge in [-0.2, -0.15) is 4.99 Å². The summed E-state index contributed by atoms with van der Waals surface area (Å²) in [6, 6.07) is 0. The van der Waals surface area contributed by atoms with Gasteiger partial charge in [-0.3, -0.25) is 0 Å². The van der Waals surface area contributed by atoms with Gasteiger partial charge >= 0.3 is 6.09 Å². The van der Waals surface area contributed by atoms with Crippen LogP contribution >= 0.6 is 0 Å². The van der Waals surface area contributed by atoms with Crippen molar-refractivity contribution in [3.05, 3.63) is 0 Å². The molecule has 0 radical (unpaired) electrons. The molecule has 1 aliphatic heterocycles. The van der Waals surface area contributed by atoms with Gasteiger partial charge in [0.2, 0.25) is 6.08 Å². The Morgan fingerprint density at radius 2 is 1.95 bits per heavy atom. The van der Waals surface area contributed by atoms with Crippen LogP contribution in [0.2, 0.25) is 0 Å². The number of nitrogens with zero attached hydrogens (tertiary/aromatic N) is 2.